The van der Waals surface area contributed by atoms with Gasteiger partial charge in [0.25, 0.3) is 5.91 Å². The van der Waals surface area contributed by atoms with Gasteiger partial charge < -0.3 is 10.1 Å². The molecule has 1 heterocycles. The lowest BCUT2D eigenvalue weighted by Crippen LogP contribution is -2.20. The highest BCUT2D eigenvalue weighted by Gasteiger charge is 2.09. The van der Waals surface area contributed by atoms with Gasteiger partial charge in [-0.3, -0.25) is 4.79 Å². The van der Waals surface area contributed by atoms with E-state index in [-0.39, 0.29) is 12.5 Å². The number of hydrogen-bond acceptors (Lipinski definition) is 4. The molecule has 0 radical (unpaired) electrons. The quantitative estimate of drug-likeness (QED) is 0.406. The second-order valence-electron chi connectivity index (χ2n) is 5.98. The summed E-state index contributed by atoms with van der Waals surface area (Å²) in [4.78, 5) is 16.8. The molecule has 1 amide bonds. The van der Waals surface area contributed by atoms with E-state index in [1.54, 1.807) is 29.5 Å². The fourth-order valence-electron chi connectivity index (χ4n) is 2.62. The van der Waals surface area contributed by atoms with Crippen LogP contribution in [0, 0.1) is 0 Å². The Morgan fingerprint density at radius 2 is 1.82 bits per heavy atom. The number of ether oxygens (including phenoxy) is 1. The summed E-state index contributed by atoms with van der Waals surface area (Å²) >= 11 is 13.5. The van der Waals surface area contributed by atoms with Crippen molar-refractivity contribution in [2.45, 2.75) is 0 Å². The van der Waals surface area contributed by atoms with Crippen LogP contribution in [-0.4, -0.2) is 17.5 Å². The topological polar surface area (TPSA) is 51.2 Å². The number of halogens is 2. The van der Waals surface area contributed by atoms with E-state index in [1.807, 2.05) is 42.5 Å². The normalized spacial score (nSPS) is 10.8. The van der Waals surface area contributed by atoms with Crippen molar-refractivity contribution >= 4 is 56.3 Å². The van der Waals surface area contributed by atoms with E-state index in [1.165, 1.54) is 0 Å². The summed E-state index contributed by atoms with van der Waals surface area (Å²) in [5.41, 5.74) is 2.67. The maximum atomic E-state index is 12.1. The Balaban J connectivity index is 1.39. The summed E-state index contributed by atoms with van der Waals surface area (Å²) in [5, 5.41) is 4.61. The maximum Gasteiger partial charge on any atom is 0.262 e. The number of nitrogens with zero attached hydrogens (tertiary/aromatic N) is 1. The van der Waals surface area contributed by atoms with Crippen LogP contribution in [0.15, 0.2) is 66.7 Å². The molecule has 0 aliphatic carbocycles. The van der Waals surface area contributed by atoms with Crippen LogP contribution in [0.4, 0.5) is 5.69 Å². The number of benzene rings is 3. The van der Waals surface area contributed by atoms with E-state index in [2.05, 4.69) is 16.4 Å². The first-order chi connectivity index (χ1) is 13.6. The van der Waals surface area contributed by atoms with Gasteiger partial charge in [-0.2, -0.15) is 0 Å². The molecule has 0 saturated carbocycles. The van der Waals surface area contributed by atoms with Crippen LogP contribution in [0.2, 0.25) is 10.0 Å². The third-order valence-electron chi connectivity index (χ3n) is 3.96. The molecule has 28 heavy (non-hydrogen) atoms. The number of thiazole rings is 1. The monoisotopic (exact) mass is 428 g/mol. The summed E-state index contributed by atoms with van der Waals surface area (Å²) in [6.45, 7) is -0.152. The largest absolute Gasteiger partial charge is 0.482 e. The minimum absolute atomic E-state index is 0.152. The van der Waals surface area contributed by atoms with Gasteiger partial charge in [0.2, 0.25) is 0 Å². The SMILES string of the molecule is O=C(COc1ccc(Cl)cc1Cl)Nc1ccc(-c2nc3ccccc3s2)cc1. The van der Waals surface area contributed by atoms with Crippen molar-refractivity contribution in [1.29, 1.82) is 0 Å². The Bertz CT molecular complexity index is 1110. The molecule has 0 unspecified atom stereocenters. The van der Waals surface area contributed by atoms with Gasteiger partial charge in [-0.1, -0.05) is 35.3 Å². The zero-order chi connectivity index (χ0) is 19.5. The summed E-state index contributed by atoms with van der Waals surface area (Å²) in [6.07, 6.45) is 0. The highest BCUT2D eigenvalue weighted by Crippen LogP contribution is 2.30. The number of fused-ring (bicyclic) bond motifs is 1. The highest BCUT2D eigenvalue weighted by molar-refractivity contribution is 7.21. The number of anilines is 1. The molecule has 3 aromatic carbocycles. The lowest BCUT2D eigenvalue weighted by Gasteiger charge is -2.09. The first-order valence-electron chi connectivity index (χ1n) is 8.42. The number of nitrogens with one attached hydrogen (secondary N) is 1. The zero-order valence-corrected chi connectivity index (χ0v) is 16.8. The van der Waals surface area contributed by atoms with Gasteiger partial charge in [-0.25, -0.2) is 4.98 Å². The number of aromatic nitrogens is 1. The Kier molecular flexibility index (Phi) is 5.48. The standard InChI is InChI=1S/C21H14Cl2N2O2S/c22-14-7-10-18(16(23)11-14)27-12-20(26)24-15-8-5-13(6-9-15)21-25-17-3-1-2-4-19(17)28-21/h1-11H,12H2,(H,24,26). The summed E-state index contributed by atoms with van der Waals surface area (Å²) in [5.74, 6) is 0.131. The van der Waals surface area contributed by atoms with Crippen molar-refractivity contribution in [1.82, 2.24) is 4.98 Å². The lowest BCUT2D eigenvalue weighted by atomic mass is 10.2. The Hall–Kier alpha value is -2.60. The molecule has 1 N–H and O–H groups in total. The molecule has 0 spiro atoms. The second-order valence-corrected chi connectivity index (χ2v) is 7.85. The van der Waals surface area contributed by atoms with E-state index in [0.29, 0.717) is 21.5 Å². The second kappa shape index (κ2) is 8.19. The van der Waals surface area contributed by atoms with Crippen LogP contribution < -0.4 is 10.1 Å². The van der Waals surface area contributed by atoms with Crippen LogP contribution in [0.3, 0.4) is 0 Å². The Morgan fingerprint density at radius 1 is 1.04 bits per heavy atom. The summed E-state index contributed by atoms with van der Waals surface area (Å²) in [7, 11) is 0. The lowest BCUT2D eigenvalue weighted by molar-refractivity contribution is -0.118. The first-order valence-corrected chi connectivity index (χ1v) is 9.99. The third kappa shape index (κ3) is 4.28. The highest BCUT2D eigenvalue weighted by atomic mass is 35.5. The van der Waals surface area contributed by atoms with Crippen LogP contribution in [0.5, 0.6) is 5.75 Å². The third-order valence-corrected chi connectivity index (χ3v) is 5.58. The van der Waals surface area contributed by atoms with Gasteiger partial charge in [0, 0.05) is 16.3 Å². The van der Waals surface area contributed by atoms with E-state index in [0.717, 1.165) is 20.8 Å². The molecule has 4 nitrogen and oxygen atoms in total. The molecule has 1 aromatic heterocycles. The van der Waals surface area contributed by atoms with Crippen molar-refractivity contribution in [2.75, 3.05) is 11.9 Å². The molecule has 0 atom stereocenters. The smallest absolute Gasteiger partial charge is 0.262 e. The van der Waals surface area contributed by atoms with Gasteiger partial charge in [-0.05, 0) is 54.6 Å². The van der Waals surface area contributed by atoms with Crippen molar-refractivity contribution in [3.05, 3.63) is 76.8 Å². The number of para-hydroxylation sites is 1. The maximum absolute atomic E-state index is 12.1. The van der Waals surface area contributed by atoms with Gasteiger partial charge in [-0.15, -0.1) is 11.3 Å². The molecule has 0 aliphatic rings. The van der Waals surface area contributed by atoms with Crippen LogP contribution in [-0.2, 0) is 4.79 Å². The van der Waals surface area contributed by atoms with Crippen molar-refractivity contribution in [3.8, 4) is 16.3 Å². The molecule has 4 aromatic rings. The van der Waals surface area contributed by atoms with Crippen molar-refractivity contribution < 1.29 is 9.53 Å². The van der Waals surface area contributed by atoms with Crippen LogP contribution in [0.25, 0.3) is 20.8 Å². The molecular formula is C21H14Cl2N2O2S. The molecule has 0 bridgehead atoms. The van der Waals surface area contributed by atoms with Crippen LogP contribution in [0.1, 0.15) is 0 Å². The minimum Gasteiger partial charge on any atom is -0.482 e. The minimum atomic E-state index is -0.279. The van der Waals surface area contributed by atoms with Crippen molar-refractivity contribution in [2.24, 2.45) is 0 Å². The molecule has 140 valence electrons. The first kappa shape index (κ1) is 18.7. The zero-order valence-electron chi connectivity index (χ0n) is 14.5. The van der Waals surface area contributed by atoms with Gasteiger partial charge in [0.05, 0.1) is 15.2 Å². The fraction of sp³-hybridized carbons (Fsp3) is 0.0476. The Morgan fingerprint density at radius 3 is 2.57 bits per heavy atom. The van der Waals surface area contributed by atoms with Gasteiger partial charge in [0.1, 0.15) is 10.8 Å². The average Bonchev–Trinajstić information content (AvgIpc) is 3.12. The Labute approximate surface area is 175 Å². The number of rotatable bonds is 5. The predicted octanol–water partition coefficient (Wildman–Crippen LogP) is 6.29. The molecule has 0 saturated heterocycles. The molecular weight excluding hydrogens is 415 g/mol. The summed E-state index contributed by atoms with van der Waals surface area (Å²) < 4.78 is 6.59. The number of hydrogen-bond donors (Lipinski definition) is 1. The van der Waals surface area contributed by atoms with E-state index in [9.17, 15) is 4.79 Å². The van der Waals surface area contributed by atoms with E-state index >= 15 is 0 Å². The van der Waals surface area contributed by atoms with Crippen molar-refractivity contribution in [3.63, 3.8) is 0 Å². The molecule has 0 fully saturated rings. The van der Waals surface area contributed by atoms with Gasteiger partial charge >= 0.3 is 0 Å². The average molecular weight is 429 g/mol. The van der Waals surface area contributed by atoms with E-state index < -0.39 is 0 Å². The molecule has 7 heteroatoms. The number of carbonyl (C=O) groups is 1. The predicted molar refractivity (Wildman–Crippen MR) is 116 cm³/mol. The fourth-order valence-corrected chi connectivity index (χ4v) is 4.06. The number of amides is 1. The molecule has 0 aliphatic heterocycles. The van der Waals surface area contributed by atoms with E-state index in [4.69, 9.17) is 27.9 Å². The van der Waals surface area contributed by atoms with Gasteiger partial charge in [0.15, 0.2) is 6.61 Å². The molecule has 4 rings (SSSR count). The summed E-state index contributed by atoms with van der Waals surface area (Å²) in [6, 6.07) is 20.4. The van der Waals surface area contributed by atoms with Crippen LogP contribution >= 0.6 is 34.5 Å². The number of carbonyl (C=O) groups excluding carboxylic acids is 1.